The maximum Gasteiger partial charge on any atom is 0.119 e. The lowest BCUT2D eigenvalue weighted by Gasteiger charge is -2.21. The van der Waals surface area contributed by atoms with Crippen LogP contribution in [0.4, 0.5) is 0 Å². The third kappa shape index (κ3) is 4.00. The van der Waals surface area contributed by atoms with E-state index in [1.807, 2.05) is 13.0 Å². The van der Waals surface area contributed by atoms with Crippen LogP contribution in [0.15, 0.2) is 18.2 Å². The number of aliphatic hydroxyl groups is 1. The van der Waals surface area contributed by atoms with Gasteiger partial charge in [-0.25, -0.2) is 0 Å². The van der Waals surface area contributed by atoms with Gasteiger partial charge in [-0.2, -0.15) is 0 Å². The molecule has 1 aromatic carbocycles. The molecular formula is C15H25NO2. The SMILES string of the molecule is CCOc1ccc(C(CC)CC(O)CN)c(C)c1. The Bertz CT molecular complexity index is 366. The van der Waals surface area contributed by atoms with Gasteiger partial charge in [0.1, 0.15) is 5.75 Å². The van der Waals surface area contributed by atoms with Crippen molar-refractivity contribution in [1.82, 2.24) is 0 Å². The molecule has 1 aromatic rings. The summed E-state index contributed by atoms with van der Waals surface area (Å²) in [5.41, 5.74) is 7.99. The number of rotatable bonds is 7. The molecule has 0 fully saturated rings. The molecule has 0 bridgehead atoms. The van der Waals surface area contributed by atoms with Gasteiger partial charge in [0.05, 0.1) is 12.7 Å². The lowest BCUT2D eigenvalue weighted by atomic mass is 9.88. The van der Waals surface area contributed by atoms with Gasteiger partial charge in [0.15, 0.2) is 0 Å². The fourth-order valence-corrected chi connectivity index (χ4v) is 2.30. The minimum atomic E-state index is -0.416. The third-order valence-corrected chi connectivity index (χ3v) is 3.31. The van der Waals surface area contributed by atoms with Crippen LogP contribution in [0.1, 0.15) is 43.7 Å². The quantitative estimate of drug-likeness (QED) is 0.783. The zero-order chi connectivity index (χ0) is 13.5. The molecule has 3 nitrogen and oxygen atoms in total. The highest BCUT2D eigenvalue weighted by Gasteiger charge is 2.16. The van der Waals surface area contributed by atoms with Gasteiger partial charge in [0.25, 0.3) is 0 Å². The maximum atomic E-state index is 9.70. The van der Waals surface area contributed by atoms with Crippen molar-refractivity contribution in [1.29, 1.82) is 0 Å². The van der Waals surface area contributed by atoms with Crippen LogP contribution < -0.4 is 10.5 Å². The summed E-state index contributed by atoms with van der Waals surface area (Å²) >= 11 is 0. The number of hydrogen-bond acceptors (Lipinski definition) is 3. The van der Waals surface area contributed by atoms with Crippen molar-refractivity contribution in [2.24, 2.45) is 5.73 Å². The first-order chi connectivity index (χ1) is 8.62. The minimum Gasteiger partial charge on any atom is -0.494 e. The molecule has 0 heterocycles. The highest BCUT2D eigenvalue weighted by Crippen LogP contribution is 2.29. The molecule has 0 aliphatic rings. The topological polar surface area (TPSA) is 55.5 Å². The predicted molar refractivity (Wildman–Crippen MR) is 75.1 cm³/mol. The maximum absolute atomic E-state index is 9.70. The summed E-state index contributed by atoms with van der Waals surface area (Å²) in [5, 5.41) is 9.70. The molecule has 1 rings (SSSR count). The highest BCUT2D eigenvalue weighted by molar-refractivity contribution is 5.37. The van der Waals surface area contributed by atoms with Crippen LogP contribution in [0.5, 0.6) is 5.75 Å². The fraction of sp³-hybridized carbons (Fsp3) is 0.600. The normalized spacial score (nSPS) is 14.3. The van der Waals surface area contributed by atoms with Crippen LogP contribution in [0.25, 0.3) is 0 Å². The Morgan fingerprint density at radius 3 is 2.56 bits per heavy atom. The Hall–Kier alpha value is -1.06. The van der Waals surface area contributed by atoms with Crippen LogP contribution in [-0.4, -0.2) is 24.4 Å². The van der Waals surface area contributed by atoms with Gasteiger partial charge in [0, 0.05) is 6.54 Å². The Morgan fingerprint density at radius 2 is 2.06 bits per heavy atom. The van der Waals surface area contributed by atoms with E-state index in [0.717, 1.165) is 18.6 Å². The minimum absolute atomic E-state index is 0.326. The second kappa shape index (κ2) is 7.39. The Kier molecular flexibility index (Phi) is 6.16. The number of ether oxygens (including phenoxy) is 1. The van der Waals surface area contributed by atoms with E-state index in [0.29, 0.717) is 19.1 Å². The van der Waals surface area contributed by atoms with Gasteiger partial charge < -0.3 is 15.6 Å². The lowest BCUT2D eigenvalue weighted by molar-refractivity contribution is 0.162. The van der Waals surface area contributed by atoms with E-state index < -0.39 is 6.10 Å². The number of benzene rings is 1. The molecule has 18 heavy (non-hydrogen) atoms. The van der Waals surface area contributed by atoms with Gasteiger partial charge in [-0.15, -0.1) is 0 Å². The van der Waals surface area contributed by atoms with E-state index in [9.17, 15) is 5.11 Å². The van der Waals surface area contributed by atoms with E-state index in [2.05, 4.69) is 26.0 Å². The third-order valence-electron chi connectivity index (χ3n) is 3.31. The van der Waals surface area contributed by atoms with Gasteiger partial charge >= 0.3 is 0 Å². The largest absolute Gasteiger partial charge is 0.494 e. The van der Waals surface area contributed by atoms with Gasteiger partial charge in [0.2, 0.25) is 0 Å². The number of aliphatic hydroxyl groups excluding tert-OH is 1. The standard InChI is InChI=1S/C15H25NO2/c1-4-12(9-13(17)10-16)15-7-6-14(18-5-2)8-11(15)3/h6-8,12-13,17H,4-5,9-10,16H2,1-3H3. The van der Waals surface area contributed by atoms with E-state index >= 15 is 0 Å². The average molecular weight is 251 g/mol. The lowest BCUT2D eigenvalue weighted by Crippen LogP contribution is -2.22. The highest BCUT2D eigenvalue weighted by atomic mass is 16.5. The summed E-state index contributed by atoms with van der Waals surface area (Å²) in [6, 6.07) is 6.18. The van der Waals surface area contributed by atoms with Crippen molar-refractivity contribution < 1.29 is 9.84 Å². The van der Waals surface area contributed by atoms with Crippen LogP contribution in [0.3, 0.4) is 0 Å². The summed E-state index contributed by atoms with van der Waals surface area (Å²) < 4.78 is 5.49. The molecule has 0 aromatic heterocycles. The van der Waals surface area contributed by atoms with Crippen LogP contribution >= 0.6 is 0 Å². The molecule has 0 saturated carbocycles. The zero-order valence-corrected chi connectivity index (χ0v) is 11.6. The first-order valence-corrected chi connectivity index (χ1v) is 6.73. The summed E-state index contributed by atoms with van der Waals surface area (Å²) in [4.78, 5) is 0. The summed E-state index contributed by atoms with van der Waals surface area (Å²) in [5.74, 6) is 1.27. The van der Waals surface area contributed by atoms with Crippen LogP contribution in [0, 0.1) is 6.92 Å². The molecule has 2 unspecified atom stereocenters. The van der Waals surface area contributed by atoms with Gasteiger partial charge in [-0.1, -0.05) is 13.0 Å². The molecule has 0 spiro atoms. The first-order valence-electron chi connectivity index (χ1n) is 6.73. The summed E-state index contributed by atoms with van der Waals surface area (Å²) in [7, 11) is 0. The number of hydrogen-bond donors (Lipinski definition) is 2. The predicted octanol–water partition coefficient (Wildman–Crippen LogP) is 2.60. The monoisotopic (exact) mass is 251 g/mol. The molecule has 3 heteroatoms. The van der Waals surface area contributed by atoms with Crippen molar-refractivity contribution >= 4 is 0 Å². The molecule has 0 aliphatic carbocycles. The smallest absolute Gasteiger partial charge is 0.119 e. The van der Waals surface area contributed by atoms with Crippen molar-refractivity contribution in [3.8, 4) is 5.75 Å². The molecule has 2 atom stereocenters. The van der Waals surface area contributed by atoms with Crippen molar-refractivity contribution in [2.75, 3.05) is 13.2 Å². The van der Waals surface area contributed by atoms with Crippen molar-refractivity contribution in [2.45, 2.75) is 45.6 Å². The molecule has 102 valence electrons. The Morgan fingerprint density at radius 1 is 1.33 bits per heavy atom. The van der Waals surface area contributed by atoms with E-state index in [-0.39, 0.29) is 0 Å². The van der Waals surface area contributed by atoms with Crippen molar-refractivity contribution in [3.05, 3.63) is 29.3 Å². The zero-order valence-electron chi connectivity index (χ0n) is 11.6. The van der Waals surface area contributed by atoms with Gasteiger partial charge in [-0.3, -0.25) is 0 Å². The van der Waals surface area contributed by atoms with Crippen LogP contribution in [0.2, 0.25) is 0 Å². The second-order valence-electron chi connectivity index (χ2n) is 4.68. The second-order valence-corrected chi connectivity index (χ2v) is 4.68. The van der Waals surface area contributed by atoms with Crippen LogP contribution in [-0.2, 0) is 0 Å². The van der Waals surface area contributed by atoms with Gasteiger partial charge in [-0.05, 0) is 55.9 Å². The fourth-order valence-electron chi connectivity index (χ4n) is 2.30. The Labute approximate surface area is 110 Å². The number of nitrogens with two attached hydrogens (primary N) is 1. The molecule has 0 amide bonds. The molecule has 0 aliphatic heterocycles. The molecule has 0 radical (unpaired) electrons. The first kappa shape index (κ1) is 15.0. The molecular weight excluding hydrogens is 226 g/mol. The summed E-state index contributed by atoms with van der Waals surface area (Å²) in [6.45, 7) is 7.23. The van der Waals surface area contributed by atoms with Crippen molar-refractivity contribution in [3.63, 3.8) is 0 Å². The van der Waals surface area contributed by atoms with E-state index in [4.69, 9.17) is 10.5 Å². The average Bonchev–Trinajstić information content (AvgIpc) is 2.37. The van der Waals surface area contributed by atoms with E-state index in [1.165, 1.54) is 11.1 Å². The molecule has 3 N–H and O–H groups in total. The molecule has 0 saturated heterocycles. The Balaban J connectivity index is 2.85. The summed E-state index contributed by atoms with van der Waals surface area (Å²) in [6.07, 6.45) is 1.31. The number of aryl methyl sites for hydroxylation is 1. The van der Waals surface area contributed by atoms with E-state index in [1.54, 1.807) is 0 Å².